The zero-order valence-corrected chi connectivity index (χ0v) is 8.91. The van der Waals surface area contributed by atoms with E-state index in [-0.39, 0.29) is 11.8 Å². The third-order valence-electron chi connectivity index (χ3n) is 2.09. The van der Waals surface area contributed by atoms with Crippen LogP contribution in [0.1, 0.15) is 20.3 Å². The van der Waals surface area contributed by atoms with E-state index in [1.54, 1.807) is 0 Å². The number of aromatic nitrogens is 3. The van der Waals surface area contributed by atoms with E-state index < -0.39 is 6.04 Å². The molecule has 2 unspecified atom stereocenters. The van der Waals surface area contributed by atoms with Gasteiger partial charge in [-0.3, -0.25) is 10.1 Å². The van der Waals surface area contributed by atoms with Crippen LogP contribution < -0.4 is 11.1 Å². The Morgan fingerprint density at radius 3 is 2.93 bits per heavy atom. The first-order valence-electron chi connectivity index (χ1n) is 4.36. The highest BCUT2D eigenvalue weighted by Gasteiger charge is 2.20. The smallest absolute Gasteiger partial charge is 0.243 e. The van der Waals surface area contributed by atoms with Gasteiger partial charge in [0, 0.05) is 11.5 Å². The van der Waals surface area contributed by atoms with Gasteiger partial charge in [0.1, 0.15) is 0 Å². The Labute approximate surface area is 86.0 Å². The molecule has 0 aromatic carbocycles. The Morgan fingerprint density at radius 2 is 2.43 bits per heavy atom. The first kappa shape index (κ1) is 11.0. The fraction of sp³-hybridized carbons (Fsp3) is 0.714. The normalized spacial score (nSPS) is 14.8. The third-order valence-corrected chi connectivity index (χ3v) is 2.60. The van der Waals surface area contributed by atoms with Gasteiger partial charge in [-0.1, -0.05) is 29.9 Å². The van der Waals surface area contributed by atoms with E-state index in [1.165, 1.54) is 0 Å². The zero-order valence-electron chi connectivity index (χ0n) is 8.10. The van der Waals surface area contributed by atoms with Crippen molar-refractivity contribution in [2.45, 2.75) is 26.3 Å². The van der Waals surface area contributed by atoms with E-state index in [9.17, 15) is 4.79 Å². The molecule has 7 heteroatoms. The van der Waals surface area contributed by atoms with E-state index in [1.807, 2.05) is 13.8 Å². The molecule has 0 fully saturated rings. The summed E-state index contributed by atoms with van der Waals surface area (Å²) in [4.78, 5) is 11.5. The number of carbonyl (C=O) groups is 1. The molecule has 0 aliphatic rings. The molecule has 1 amide bonds. The monoisotopic (exact) mass is 215 g/mol. The van der Waals surface area contributed by atoms with E-state index in [4.69, 9.17) is 5.73 Å². The molecule has 14 heavy (non-hydrogen) atoms. The number of hydrogen-bond donors (Lipinski definition) is 2. The van der Waals surface area contributed by atoms with Crippen molar-refractivity contribution in [3.05, 3.63) is 0 Å². The predicted octanol–water partition coefficient (Wildman–Crippen LogP) is 0.245. The molecular weight excluding hydrogens is 202 g/mol. The number of rotatable bonds is 4. The van der Waals surface area contributed by atoms with Crippen LogP contribution in [0.25, 0.3) is 0 Å². The summed E-state index contributed by atoms with van der Waals surface area (Å²) in [5.41, 5.74) is 5.71. The van der Waals surface area contributed by atoms with Gasteiger partial charge >= 0.3 is 0 Å². The largest absolute Gasteiger partial charge is 0.320 e. The Bertz CT molecular complexity index is 288. The SMILES string of the molecule is CCC(C)C(N)C(=O)Nc1nnns1. The Hall–Kier alpha value is -1.08. The lowest BCUT2D eigenvalue weighted by Gasteiger charge is -2.16. The van der Waals surface area contributed by atoms with Crippen molar-refractivity contribution < 1.29 is 4.79 Å². The molecule has 3 N–H and O–H groups in total. The van der Waals surface area contributed by atoms with Crippen molar-refractivity contribution in [2.24, 2.45) is 11.7 Å². The van der Waals surface area contributed by atoms with E-state index >= 15 is 0 Å². The topological polar surface area (TPSA) is 93.8 Å². The lowest BCUT2D eigenvalue weighted by atomic mass is 10.00. The second kappa shape index (κ2) is 4.97. The molecule has 0 aliphatic carbocycles. The maximum Gasteiger partial charge on any atom is 0.243 e. The molecule has 0 radical (unpaired) electrons. The fourth-order valence-corrected chi connectivity index (χ4v) is 1.25. The second-order valence-electron chi connectivity index (χ2n) is 3.07. The molecule has 78 valence electrons. The van der Waals surface area contributed by atoms with E-state index in [2.05, 4.69) is 20.1 Å². The highest BCUT2D eigenvalue weighted by atomic mass is 32.1. The van der Waals surface area contributed by atoms with Crippen LogP contribution in [0.2, 0.25) is 0 Å². The highest BCUT2D eigenvalue weighted by Crippen LogP contribution is 2.09. The van der Waals surface area contributed by atoms with Crippen LogP contribution in [0, 0.1) is 5.92 Å². The van der Waals surface area contributed by atoms with Gasteiger partial charge in [0.15, 0.2) is 0 Å². The minimum Gasteiger partial charge on any atom is -0.320 e. The van der Waals surface area contributed by atoms with E-state index in [0.29, 0.717) is 5.13 Å². The van der Waals surface area contributed by atoms with Crippen molar-refractivity contribution in [3.63, 3.8) is 0 Å². The molecular formula is C7H13N5OS. The summed E-state index contributed by atoms with van der Waals surface area (Å²) >= 11 is 1.03. The predicted molar refractivity (Wildman–Crippen MR) is 53.8 cm³/mol. The van der Waals surface area contributed by atoms with Gasteiger partial charge < -0.3 is 5.73 Å². The molecule has 1 aromatic heterocycles. The van der Waals surface area contributed by atoms with Crippen LogP contribution >= 0.6 is 11.5 Å². The second-order valence-corrected chi connectivity index (χ2v) is 3.80. The van der Waals surface area contributed by atoms with Crippen LogP contribution in [0.15, 0.2) is 0 Å². The maximum absolute atomic E-state index is 11.5. The van der Waals surface area contributed by atoms with Gasteiger partial charge in [-0.05, 0) is 11.1 Å². The van der Waals surface area contributed by atoms with Crippen molar-refractivity contribution >= 4 is 22.6 Å². The number of nitrogens with zero attached hydrogens (tertiary/aromatic N) is 3. The molecule has 0 aliphatic heterocycles. The number of nitrogens with one attached hydrogen (secondary N) is 1. The van der Waals surface area contributed by atoms with Gasteiger partial charge in [0.05, 0.1) is 6.04 Å². The Morgan fingerprint density at radius 1 is 1.71 bits per heavy atom. The molecule has 1 heterocycles. The molecule has 1 rings (SSSR count). The highest BCUT2D eigenvalue weighted by molar-refractivity contribution is 7.09. The number of hydrogen-bond acceptors (Lipinski definition) is 6. The van der Waals surface area contributed by atoms with Crippen molar-refractivity contribution in [1.82, 2.24) is 14.8 Å². The van der Waals surface area contributed by atoms with Crippen LogP contribution in [0.4, 0.5) is 5.13 Å². The standard InChI is InChI=1S/C7H13N5OS/c1-3-4(2)5(8)6(13)9-7-10-11-12-14-7/h4-5H,3,8H2,1-2H3,(H,9,10,12,13). The molecule has 1 aromatic rings. The average molecular weight is 215 g/mol. The van der Waals surface area contributed by atoms with Crippen LogP contribution in [-0.4, -0.2) is 26.7 Å². The summed E-state index contributed by atoms with van der Waals surface area (Å²) < 4.78 is 3.52. The van der Waals surface area contributed by atoms with Crippen LogP contribution in [0.5, 0.6) is 0 Å². The zero-order chi connectivity index (χ0) is 10.6. The van der Waals surface area contributed by atoms with Crippen molar-refractivity contribution in [2.75, 3.05) is 5.32 Å². The maximum atomic E-state index is 11.5. The lowest BCUT2D eigenvalue weighted by Crippen LogP contribution is -2.40. The van der Waals surface area contributed by atoms with E-state index in [0.717, 1.165) is 18.0 Å². The van der Waals surface area contributed by atoms with Gasteiger partial charge in [-0.2, -0.15) is 0 Å². The first-order chi connectivity index (χ1) is 6.65. The minimum absolute atomic E-state index is 0.149. The average Bonchev–Trinajstić information content (AvgIpc) is 2.68. The molecule has 0 saturated carbocycles. The number of anilines is 1. The summed E-state index contributed by atoms with van der Waals surface area (Å²) in [6.07, 6.45) is 0.864. The molecule has 0 saturated heterocycles. The van der Waals surface area contributed by atoms with Crippen LogP contribution in [-0.2, 0) is 4.79 Å². The van der Waals surface area contributed by atoms with Gasteiger partial charge in [0.2, 0.25) is 11.0 Å². The summed E-state index contributed by atoms with van der Waals surface area (Å²) in [6.45, 7) is 3.92. The minimum atomic E-state index is -0.510. The summed E-state index contributed by atoms with van der Waals surface area (Å²) in [5.74, 6) is -0.0891. The number of nitrogens with two attached hydrogens (primary N) is 1. The quantitative estimate of drug-likeness (QED) is 0.750. The summed E-state index contributed by atoms with van der Waals surface area (Å²) in [6, 6.07) is -0.510. The van der Waals surface area contributed by atoms with Crippen LogP contribution in [0.3, 0.4) is 0 Å². The van der Waals surface area contributed by atoms with Gasteiger partial charge in [-0.15, -0.1) is 0 Å². The Kier molecular flexibility index (Phi) is 3.90. The number of amides is 1. The fourth-order valence-electron chi connectivity index (χ4n) is 0.883. The third kappa shape index (κ3) is 2.71. The Balaban J connectivity index is 2.50. The lowest BCUT2D eigenvalue weighted by molar-refractivity contribution is -0.118. The summed E-state index contributed by atoms with van der Waals surface area (Å²) in [7, 11) is 0. The van der Waals surface area contributed by atoms with Crippen molar-refractivity contribution in [1.29, 1.82) is 0 Å². The summed E-state index contributed by atoms with van der Waals surface area (Å²) in [5, 5.41) is 9.89. The number of carbonyl (C=O) groups excluding carboxylic acids is 1. The first-order valence-corrected chi connectivity index (χ1v) is 5.14. The van der Waals surface area contributed by atoms with Crippen molar-refractivity contribution in [3.8, 4) is 0 Å². The van der Waals surface area contributed by atoms with Gasteiger partial charge in [-0.25, -0.2) is 0 Å². The molecule has 6 nitrogen and oxygen atoms in total. The molecule has 2 atom stereocenters. The molecule has 0 spiro atoms. The van der Waals surface area contributed by atoms with Gasteiger partial charge in [0.25, 0.3) is 0 Å². The molecule has 0 bridgehead atoms.